The summed E-state index contributed by atoms with van der Waals surface area (Å²) in [7, 11) is 3.21. The third kappa shape index (κ3) is 4.31. The second-order valence-corrected chi connectivity index (χ2v) is 9.77. The molecule has 0 fully saturated rings. The molecule has 2 aromatic carbocycles. The number of ether oxygens (including phenoxy) is 2. The molecule has 1 aliphatic rings. The van der Waals surface area contributed by atoms with E-state index in [1.165, 1.54) is 0 Å². The van der Waals surface area contributed by atoms with Crippen LogP contribution in [0.4, 0.5) is 0 Å². The van der Waals surface area contributed by atoms with Crippen LogP contribution in [-0.2, 0) is 11.3 Å². The summed E-state index contributed by atoms with van der Waals surface area (Å²) in [4.78, 5) is 24.4. The lowest BCUT2D eigenvalue weighted by Crippen LogP contribution is -2.30. The van der Waals surface area contributed by atoms with E-state index in [1.54, 1.807) is 36.8 Å². The Morgan fingerprint density at radius 1 is 1.00 bits per heavy atom. The third-order valence-corrected chi connectivity index (χ3v) is 7.52. The zero-order valence-corrected chi connectivity index (χ0v) is 21.8. The highest BCUT2D eigenvalue weighted by Crippen LogP contribution is 2.38. The van der Waals surface area contributed by atoms with Crippen LogP contribution < -0.4 is 9.47 Å². The quantitative estimate of drug-likeness (QED) is 0.279. The SMILES string of the molecule is COc1ccc(C2CC(c3cccs3)=NN2C(=O)Cn2c(-c3ccccn3)nc3ccccc32)cc1OC. The number of hydrogen-bond acceptors (Lipinski definition) is 7. The molecular formula is C29H25N5O3S. The lowest BCUT2D eigenvalue weighted by Gasteiger charge is -2.23. The molecule has 0 N–H and O–H groups in total. The van der Waals surface area contributed by atoms with Gasteiger partial charge in [-0.2, -0.15) is 5.10 Å². The number of carbonyl (C=O) groups is 1. The first-order valence-corrected chi connectivity index (χ1v) is 13.1. The molecule has 4 heterocycles. The molecule has 9 heteroatoms. The van der Waals surface area contributed by atoms with E-state index in [2.05, 4.69) is 4.98 Å². The van der Waals surface area contributed by atoms with E-state index in [9.17, 15) is 4.79 Å². The molecule has 0 aliphatic carbocycles. The molecule has 3 aromatic heterocycles. The topological polar surface area (TPSA) is 81.8 Å². The number of para-hydroxylation sites is 2. The largest absolute Gasteiger partial charge is 0.493 e. The van der Waals surface area contributed by atoms with Crippen molar-refractivity contribution >= 4 is 34.0 Å². The fourth-order valence-electron chi connectivity index (χ4n) is 4.79. The van der Waals surface area contributed by atoms with Crippen LogP contribution in [0.1, 0.15) is 22.9 Å². The minimum absolute atomic E-state index is 0.0669. The number of rotatable bonds is 7. The van der Waals surface area contributed by atoms with Crippen LogP contribution in [0, 0.1) is 0 Å². The van der Waals surface area contributed by atoms with E-state index >= 15 is 0 Å². The van der Waals surface area contributed by atoms with Crippen molar-refractivity contribution in [2.45, 2.75) is 19.0 Å². The van der Waals surface area contributed by atoms with Crippen molar-refractivity contribution in [1.82, 2.24) is 19.5 Å². The molecule has 0 saturated carbocycles. The lowest BCUT2D eigenvalue weighted by atomic mass is 10.0. The second kappa shape index (κ2) is 10.1. The van der Waals surface area contributed by atoms with Gasteiger partial charge in [-0.05, 0) is 53.4 Å². The van der Waals surface area contributed by atoms with E-state index in [1.807, 2.05) is 82.7 Å². The molecule has 1 amide bonds. The monoisotopic (exact) mass is 523 g/mol. The van der Waals surface area contributed by atoms with Gasteiger partial charge in [0.25, 0.3) is 5.91 Å². The van der Waals surface area contributed by atoms with Crippen LogP contribution in [0.15, 0.2) is 89.5 Å². The van der Waals surface area contributed by atoms with Gasteiger partial charge < -0.3 is 14.0 Å². The molecular weight excluding hydrogens is 498 g/mol. The Balaban J connectivity index is 1.40. The van der Waals surface area contributed by atoms with Crippen LogP contribution in [0.2, 0.25) is 0 Å². The van der Waals surface area contributed by atoms with Gasteiger partial charge in [-0.25, -0.2) is 9.99 Å². The molecule has 1 atom stereocenters. The molecule has 190 valence electrons. The summed E-state index contributed by atoms with van der Waals surface area (Å²) in [6, 6.07) is 23.0. The van der Waals surface area contributed by atoms with Crippen molar-refractivity contribution in [3.63, 3.8) is 0 Å². The lowest BCUT2D eigenvalue weighted by molar-refractivity contribution is -0.133. The van der Waals surface area contributed by atoms with Gasteiger partial charge in [0.15, 0.2) is 17.3 Å². The van der Waals surface area contributed by atoms with Crippen LogP contribution >= 0.6 is 11.3 Å². The van der Waals surface area contributed by atoms with Gasteiger partial charge >= 0.3 is 0 Å². The standard InChI is InChI=1S/C29H25N5O3S/c1-36-25-13-12-19(16-26(25)37-2)24-17-22(27-11-7-15-38-27)32-34(24)28(35)18-33-23-10-4-3-8-20(23)31-29(33)21-9-5-6-14-30-21/h3-16,24H,17-18H2,1-2H3. The second-order valence-electron chi connectivity index (χ2n) is 8.82. The predicted octanol–water partition coefficient (Wildman–Crippen LogP) is 5.55. The van der Waals surface area contributed by atoms with Gasteiger partial charge in [0.05, 0.1) is 41.9 Å². The fraction of sp³-hybridized carbons (Fsp3) is 0.172. The average molecular weight is 524 g/mol. The van der Waals surface area contributed by atoms with Crippen molar-refractivity contribution in [3.05, 3.63) is 94.8 Å². The van der Waals surface area contributed by atoms with E-state index in [4.69, 9.17) is 19.6 Å². The maximum absolute atomic E-state index is 14.0. The zero-order chi connectivity index (χ0) is 26.1. The zero-order valence-electron chi connectivity index (χ0n) is 20.9. The summed E-state index contributed by atoms with van der Waals surface area (Å²) < 4.78 is 12.9. The Labute approximate surface area is 223 Å². The Kier molecular flexibility index (Phi) is 6.35. The first kappa shape index (κ1) is 23.9. The van der Waals surface area contributed by atoms with Crippen LogP contribution in [-0.4, -0.2) is 45.4 Å². The minimum atomic E-state index is -0.285. The van der Waals surface area contributed by atoms with Gasteiger partial charge in [0, 0.05) is 12.6 Å². The van der Waals surface area contributed by atoms with Gasteiger partial charge in [0.1, 0.15) is 12.2 Å². The number of carbonyl (C=O) groups excluding carboxylic acids is 1. The molecule has 0 bridgehead atoms. The third-order valence-electron chi connectivity index (χ3n) is 6.61. The number of methoxy groups -OCH3 is 2. The molecule has 1 unspecified atom stereocenters. The normalized spacial score (nSPS) is 15.1. The number of amides is 1. The van der Waals surface area contributed by atoms with Crippen molar-refractivity contribution in [1.29, 1.82) is 0 Å². The summed E-state index contributed by atoms with van der Waals surface area (Å²) in [6.07, 6.45) is 2.32. The van der Waals surface area contributed by atoms with Gasteiger partial charge in [-0.15, -0.1) is 11.3 Å². The molecule has 0 saturated heterocycles. The van der Waals surface area contributed by atoms with Crippen molar-refractivity contribution in [3.8, 4) is 23.0 Å². The Morgan fingerprint density at radius 2 is 1.84 bits per heavy atom. The van der Waals surface area contributed by atoms with Gasteiger partial charge in [-0.1, -0.05) is 30.3 Å². The van der Waals surface area contributed by atoms with E-state index in [0.717, 1.165) is 27.2 Å². The number of nitrogens with zero attached hydrogens (tertiary/aromatic N) is 5. The fourth-order valence-corrected chi connectivity index (χ4v) is 5.51. The number of aromatic nitrogens is 3. The number of pyridine rings is 1. The smallest absolute Gasteiger partial charge is 0.263 e. The van der Waals surface area contributed by atoms with Gasteiger partial charge in [-0.3, -0.25) is 9.78 Å². The predicted molar refractivity (Wildman–Crippen MR) is 148 cm³/mol. The van der Waals surface area contributed by atoms with Crippen molar-refractivity contribution in [2.24, 2.45) is 5.10 Å². The number of hydrogen-bond donors (Lipinski definition) is 0. The highest BCUT2D eigenvalue weighted by atomic mass is 32.1. The van der Waals surface area contributed by atoms with E-state index in [0.29, 0.717) is 29.4 Å². The summed E-state index contributed by atoms with van der Waals surface area (Å²) in [5.41, 5.74) is 4.19. The van der Waals surface area contributed by atoms with Gasteiger partial charge in [0.2, 0.25) is 0 Å². The molecule has 5 aromatic rings. The minimum Gasteiger partial charge on any atom is -0.493 e. The highest BCUT2D eigenvalue weighted by Gasteiger charge is 2.34. The molecule has 0 radical (unpaired) electrons. The first-order chi connectivity index (χ1) is 18.7. The summed E-state index contributed by atoms with van der Waals surface area (Å²) in [5.74, 6) is 1.75. The summed E-state index contributed by atoms with van der Waals surface area (Å²) in [6.45, 7) is 0.0669. The van der Waals surface area contributed by atoms with Crippen LogP contribution in [0.3, 0.4) is 0 Å². The van der Waals surface area contributed by atoms with Crippen molar-refractivity contribution < 1.29 is 14.3 Å². The van der Waals surface area contributed by atoms with Crippen molar-refractivity contribution in [2.75, 3.05) is 14.2 Å². The molecule has 1 aliphatic heterocycles. The Morgan fingerprint density at radius 3 is 2.61 bits per heavy atom. The van der Waals surface area contributed by atoms with Crippen LogP contribution in [0.5, 0.6) is 11.5 Å². The van der Waals surface area contributed by atoms with E-state index in [-0.39, 0.29) is 18.5 Å². The average Bonchev–Trinajstić information content (AvgIpc) is 3.72. The molecule has 8 nitrogen and oxygen atoms in total. The Hall–Kier alpha value is -4.50. The molecule has 0 spiro atoms. The molecule has 6 rings (SSSR count). The number of imidazole rings is 1. The number of hydrazone groups is 1. The maximum atomic E-state index is 14.0. The number of fused-ring (bicyclic) bond motifs is 1. The summed E-state index contributed by atoms with van der Waals surface area (Å²) in [5, 5.41) is 8.46. The maximum Gasteiger partial charge on any atom is 0.263 e. The Bertz CT molecular complexity index is 1630. The number of thiophene rings is 1. The van der Waals surface area contributed by atoms with Crippen LogP contribution in [0.25, 0.3) is 22.6 Å². The highest BCUT2D eigenvalue weighted by molar-refractivity contribution is 7.12. The number of benzene rings is 2. The van der Waals surface area contributed by atoms with E-state index < -0.39 is 0 Å². The molecule has 38 heavy (non-hydrogen) atoms. The first-order valence-electron chi connectivity index (χ1n) is 12.2. The summed E-state index contributed by atoms with van der Waals surface area (Å²) >= 11 is 1.61.